The molecule has 0 radical (unpaired) electrons. The van der Waals surface area contributed by atoms with E-state index in [1.54, 1.807) is 0 Å². The minimum absolute atomic E-state index is 0.114. The van der Waals surface area contributed by atoms with Crippen LogP contribution in [0.3, 0.4) is 0 Å². The number of carboxylic acids is 2. The Kier molecular flexibility index (Phi) is 3.33. The van der Waals surface area contributed by atoms with Gasteiger partial charge in [0.15, 0.2) is 11.2 Å². The third-order valence-electron chi connectivity index (χ3n) is 4.11. The summed E-state index contributed by atoms with van der Waals surface area (Å²) in [5.41, 5.74) is -3.23. The maximum Gasteiger partial charge on any atom is 0.338 e. The average Bonchev–Trinajstić information content (AvgIpc) is 2.34. The second-order valence-corrected chi connectivity index (χ2v) is 5.23. The van der Waals surface area contributed by atoms with E-state index in [1.807, 2.05) is 0 Å². The summed E-state index contributed by atoms with van der Waals surface area (Å²) in [6.45, 7) is 0. The maximum atomic E-state index is 11.4. The van der Waals surface area contributed by atoms with Gasteiger partial charge in [-0.05, 0) is 38.5 Å². The Morgan fingerprint density at radius 2 is 1.61 bits per heavy atom. The van der Waals surface area contributed by atoms with E-state index >= 15 is 0 Å². The molecule has 2 saturated carbocycles. The zero-order valence-corrected chi connectivity index (χ0v) is 10.1. The van der Waals surface area contributed by atoms with Crippen molar-refractivity contribution in [3.63, 3.8) is 0 Å². The van der Waals surface area contributed by atoms with Gasteiger partial charge in [0.1, 0.15) is 0 Å². The molecule has 2 fully saturated rings. The third kappa shape index (κ3) is 1.99. The summed E-state index contributed by atoms with van der Waals surface area (Å²) in [5, 5.41) is 28.1. The van der Waals surface area contributed by atoms with Crippen molar-refractivity contribution >= 4 is 11.9 Å². The molecule has 0 saturated heterocycles. The molecule has 0 aromatic heterocycles. The van der Waals surface area contributed by atoms with Crippen LogP contribution in [0.15, 0.2) is 0 Å². The molecule has 6 nitrogen and oxygen atoms in total. The number of ether oxygens (including phenoxy) is 1. The van der Waals surface area contributed by atoms with Gasteiger partial charge < -0.3 is 20.1 Å². The summed E-state index contributed by atoms with van der Waals surface area (Å²) in [6.07, 6.45) is 2.83. The topological polar surface area (TPSA) is 104 Å². The SMILES string of the molecule is O=C(O)C1(OC2CCC2(O)C(=O)O)CCCCC1. The fourth-order valence-electron chi connectivity index (χ4n) is 2.71. The molecular formula is C12H18O6. The summed E-state index contributed by atoms with van der Waals surface area (Å²) in [4.78, 5) is 22.3. The number of hydrogen-bond donors (Lipinski definition) is 3. The normalized spacial score (nSPS) is 34.6. The Hall–Kier alpha value is -1.14. The highest BCUT2D eigenvalue weighted by Crippen LogP contribution is 2.41. The minimum Gasteiger partial charge on any atom is -0.479 e. The molecular weight excluding hydrogens is 240 g/mol. The Bertz CT molecular complexity index is 360. The van der Waals surface area contributed by atoms with Crippen molar-refractivity contribution in [2.75, 3.05) is 0 Å². The van der Waals surface area contributed by atoms with Crippen molar-refractivity contribution in [3.8, 4) is 0 Å². The predicted octanol–water partition coefficient (Wildman–Crippen LogP) is 0.769. The van der Waals surface area contributed by atoms with Crippen molar-refractivity contribution in [2.45, 2.75) is 62.3 Å². The van der Waals surface area contributed by atoms with Crippen molar-refractivity contribution in [2.24, 2.45) is 0 Å². The summed E-state index contributed by atoms with van der Waals surface area (Å²) in [6, 6.07) is 0. The van der Waals surface area contributed by atoms with Crippen LogP contribution in [0.4, 0.5) is 0 Å². The third-order valence-corrected chi connectivity index (χ3v) is 4.11. The van der Waals surface area contributed by atoms with Crippen molar-refractivity contribution < 1.29 is 29.6 Å². The molecule has 0 heterocycles. The molecule has 0 aromatic carbocycles. The smallest absolute Gasteiger partial charge is 0.338 e. The van der Waals surface area contributed by atoms with Gasteiger partial charge in [0.25, 0.3) is 0 Å². The number of carbonyl (C=O) groups is 2. The highest BCUT2D eigenvalue weighted by molar-refractivity contribution is 5.80. The Morgan fingerprint density at radius 3 is 2.00 bits per heavy atom. The maximum absolute atomic E-state index is 11.4. The van der Waals surface area contributed by atoms with Gasteiger partial charge in [0.2, 0.25) is 0 Å². The van der Waals surface area contributed by atoms with Crippen LogP contribution in [-0.4, -0.2) is 44.6 Å². The number of hydrogen-bond acceptors (Lipinski definition) is 4. The van der Waals surface area contributed by atoms with Crippen LogP contribution < -0.4 is 0 Å². The molecule has 0 aliphatic heterocycles. The number of aliphatic hydroxyl groups is 1. The Balaban J connectivity index is 2.11. The molecule has 6 heteroatoms. The fourth-order valence-corrected chi connectivity index (χ4v) is 2.71. The lowest BCUT2D eigenvalue weighted by Crippen LogP contribution is -2.62. The van der Waals surface area contributed by atoms with Crippen LogP contribution in [0.2, 0.25) is 0 Å². The quantitative estimate of drug-likeness (QED) is 0.688. The van der Waals surface area contributed by atoms with Crippen LogP contribution in [0.1, 0.15) is 44.9 Å². The van der Waals surface area contributed by atoms with Gasteiger partial charge in [-0.1, -0.05) is 6.42 Å². The largest absolute Gasteiger partial charge is 0.479 e. The van der Waals surface area contributed by atoms with Crippen molar-refractivity contribution in [1.82, 2.24) is 0 Å². The van der Waals surface area contributed by atoms with E-state index in [-0.39, 0.29) is 6.42 Å². The van der Waals surface area contributed by atoms with Crippen LogP contribution in [0.25, 0.3) is 0 Å². The Labute approximate surface area is 105 Å². The van der Waals surface area contributed by atoms with Gasteiger partial charge in [-0.25, -0.2) is 9.59 Å². The predicted molar refractivity (Wildman–Crippen MR) is 60.1 cm³/mol. The summed E-state index contributed by atoms with van der Waals surface area (Å²) in [5.74, 6) is -2.39. The van der Waals surface area contributed by atoms with E-state index in [1.165, 1.54) is 0 Å². The molecule has 3 N–H and O–H groups in total. The highest BCUT2D eigenvalue weighted by Gasteiger charge is 2.57. The van der Waals surface area contributed by atoms with E-state index in [0.717, 1.165) is 19.3 Å². The molecule has 2 unspecified atom stereocenters. The molecule has 0 aromatic rings. The van der Waals surface area contributed by atoms with Gasteiger partial charge >= 0.3 is 11.9 Å². The zero-order chi connectivity index (χ0) is 13.4. The van der Waals surface area contributed by atoms with Crippen molar-refractivity contribution in [1.29, 1.82) is 0 Å². The van der Waals surface area contributed by atoms with E-state index in [0.29, 0.717) is 19.3 Å². The van der Waals surface area contributed by atoms with E-state index in [4.69, 9.17) is 9.84 Å². The van der Waals surface area contributed by atoms with Gasteiger partial charge in [-0.3, -0.25) is 0 Å². The lowest BCUT2D eigenvalue weighted by molar-refractivity contribution is -0.239. The lowest BCUT2D eigenvalue weighted by atomic mass is 9.75. The monoisotopic (exact) mass is 258 g/mol. The minimum atomic E-state index is -1.92. The first kappa shape index (κ1) is 13.3. The van der Waals surface area contributed by atoms with E-state index < -0.39 is 29.2 Å². The van der Waals surface area contributed by atoms with Gasteiger partial charge in [0, 0.05) is 0 Å². The number of rotatable bonds is 4. The van der Waals surface area contributed by atoms with Crippen LogP contribution in [0, 0.1) is 0 Å². The van der Waals surface area contributed by atoms with Crippen LogP contribution in [-0.2, 0) is 14.3 Å². The molecule has 0 bridgehead atoms. The standard InChI is InChI=1S/C12H18O6/c13-9(14)11(5-2-1-3-6-11)18-8-4-7-12(8,17)10(15)16/h8,17H,1-7H2,(H,13,14)(H,15,16). The van der Waals surface area contributed by atoms with Gasteiger partial charge in [-0.15, -0.1) is 0 Å². The summed E-state index contributed by atoms with van der Waals surface area (Å²) >= 11 is 0. The van der Waals surface area contributed by atoms with E-state index in [2.05, 4.69) is 0 Å². The first-order chi connectivity index (χ1) is 8.41. The van der Waals surface area contributed by atoms with E-state index in [9.17, 15) is 19.8 Å². The highest BCUT2D eigenvalue weighted by atomic mass is 16.6. The first-order valence-electron chi connectivity index (χ1n) is 6.28. The van der Waals surface area contributed by atoms with Crippen LogP contribution in [0.5, 0.6) is 0 Å². The lowest BCUT2D eigenvalue weighted by Gasteiger charge is -2.46. The molecule has 2 aliphatic carbocycles. The molecule has 2 atom stereocenters. The molecule has 102 valence electrons. The average molecular weight is 258 g/mol. The first-order valence-corrected chi connectivity index (χ1v) is 6.28. The molecule has 0 spiro atoms. The molecule has 0 amide bonds. The van der Waals surface area contributed by atoms with Crippen molar-refractivity contribution in [3.05, 3.63) is 0 Å². The molecule has 18 heavy (non-hydrogen) atoms. The summed E-state index contributed by atoms with van der Waals surface area (Å²) < 4.78 is 5.52. The summed E-state index contributed by atoms with van der Waals surface area (Å²) in [7, 11) is 0. The molecule has 2 aliphatic rings. The Morgan fingerprint density at radius 1 is 1.00 bits per heavy atom. The second-order valence-electron chi connectivity index (χ2n) is 5.23. The second kappa shape index (κ2) is 4.51. The van der Waals surface area contributed by atoms with Gasteiger partial charge in [-0.2, -0.15) is 0 Å². The zero-order valence-electron chi connectivity index (χ0n) is 10.1. The molecule has 2 rings (SSSR count). The number of carboxylic acid groups (broad SMARTS) is 2. The number of aliphatic carboxylic acids is 2. The van der Waals surface area contributed by atoms with Crippen LogP contribution >= 0.6 is 0 Å². The van der Waals surface area contributed by atoms with Gasteiger partial charge in [0.05, 0.1) is 6.10 Å². The fraction of sp³-hybridized carbons (Fsp3) is 0.833.